The van der Waals surface area contributed by atoms with E-state index in [4.69, 9.17) is 0 Å². The molecule has 0 saturated carbocycles. The van der Waals surface area contributed by atoms with Gasteiger partial charge >= 0.3 is 0 Å². The van der Waals surface area contributed by atoms with E-state index in [9.17, 15) is 5.11 Å². The molecule has 0 aliphatic carbocycles. The lowest BCUT2D eigenvalue weighted by Crippen LogP contribution is -2.34. The Morgan fingerprint density at radius 1 is 1.22 bits per heavy atom. The lowest BCUT2D eigenvalue weighted by Gasteiger charge is -2.26. The van der Waals surface area contributed by atoms with Gasteiger partial charge in [-0.1, -0.05) is 32.0 Å². The van der Waals surface area contributed by atoms with Gasteiger partial charge in [-0.3, -0.25) is 0 Å². The third kappa shape index (κ3) is 4.79. The Labute approximate surface area is 111 Å². The minimum Gasteiger partial charge on any atom is -0.390 e. The smallest absolute Gasteiger partial charge is 0.0672 e. The molecular formula is C16H27NO. The van der Waals surface area contributed by atoms with Gasteiger partial charge in [-0.2, -0.15) is 0 Å². The molecule has 0 spiro atoms. The van der Waals surface area contributed by atoms with Crippen molar-refractivity contribution in [3.05, 3.63) is 34.9 Å². The lowest BCUT2D eigenvalue weighted by molar-refractivity contribution is 0.0508. The molecule has 0 radical (unpaired) electrons. The molecule has 1 aromatic rings. The molecule has 2 N–H and O–H groups in total. The van der Waals surface area contributed by atoms with Crippen LogP contribution in [0.2, 0.25) is 0 Å². The molecule has 18 heavy (non-hydrogen) atoms. The zero-order chi connectivity index (χ0) is 13.8. The zero-order valence-corrected chi connectivity index (χ0v) is 12.4. The van der Waals surface area contributed by atoms with E-state index in [1.165, 1.54) is 16.7 Å². The molecule has 0 saturated heterocycles. The second-order valence-electron chi connectivity index (χ2n) is 5.90. The van der Waals surface area contributed by atoms with Crippen LogP contribution in [0, 0.1) is 13.8 Å². The van der Waals surface area contributed by atoms with Gasteiger partial charge in [0.1, 0.15) is 0 Å². The van der Waals surface area contributed by atoms with Gasteiger partial charge in [-0.15, -0.1) is 0 Å². The Morgan fingerprint density at radius 2 is 1.78 bits per heavy atom. The second-order valence-corrected chi connectivity index (χ2v) is 5.90. The van der Waals surface area contributed by atoms with Crippen LogP contribution >= 0.6 is 0 Å². The van der Waals surface area contributed by atoms with Gasteiger partial charge in [0.25, 0.3) is 0 Å². The summed E-state index contributed by atoms with van der Waals surface area (Å²) in [6.07, 6.45) is 1.50. The van der Waals surface area contributed by atoms with Crippen molar-refractivity contribution in [2.75, 3.05) is 6.54 Å². The Bertz CT molecular complexity index is 362. The number of nitrogens with one attached hydrogen (secondary N) is 1. The van der Waals surface area contributed by atoms with E-state index in [0.717, 1.165) is 19.4 Å². The van der Waals surface area contributed by atoms with E-state index < -0.39 is 5.60 Å². The molecule has 1 unspecified atom stereocenters. The highest BCUT2D eigenvalue weighted by molar-refractivity contribution is 5.34. The fraction of sp³-hybridized carbons (Fsp3) is 0.625. The molecule has 1 rings (SSSR count). The summed E-state index contributed by atoms with van der Waals surface area (Å²) < 4.78 is 0. The quantitative estimate of drug-likeness (QED) is 0.812. The first-order valence-corrected chi connectivity index (χ1v) is 6.83. The number of aliphatic hydroxyl groups is 1. The molecular weight excluding hydrogens is 222 g/mol. The van der Waals surface area contributed by atoms with Crippen molar-refractivity contribution >= 4 is 0 Å². The van der Waals surface area contributed by atoms with Gasteiger partial charge in [0.15, 0.2) is 0 Å². The highest BCUT2D eigenvalue weighted by Gasteiger charge is 2.22. The minimum absolute atomic E-state index is 0.473. The third-order valence-corrected chi connectivity index (χ3v) is 3.42. The second kappa shape index (κ2) is 6.35. The largest absolute Gasteiger partial charge is 0.390 e. The van der Waals surface area contributed by atoms with Crippen LogP contribution in [0.4, 0.5) is 0 Å². The Kier molecular flexibility index (Phi) is 5.36. The molecule has 1 aromatic carbocycles. The summed E-state index contributed by atoms with van der Waals surface area (Å²) in [5.41, 5.74) is 3.19. The van der Waals surface area contributed by atoms with Gasteiger partial charge in [-0.25, -0.2) is 0 Å². The van der Waals surface area contributed by atoms with Crippen LogP contribution in [-0.4, -0.2) is 23.3 Å². The predicted octanol–water partition coefficient (Wildman–Crippen LogP) is 2.99. The topological polar surface area (TPSA) is 32.3 Å². The van der Waals surface area contributed by atoms with Crippen LogP contribution < -0.4 is 5.32 Å². The lowest BCUT2D eigenvalue weighted by atomic mass is 9.88. The van der Waals surface area contributed by atoms with Gasteiger partial charge in [-0.05, 0) is 50.4 Å². The standard InChI is InChI=1S/C16H27NO/c1-12(2)17-10-9-16(5,18)11-15-13(3)7-6-8-14(15)4/h6-8,12,17-18H,9-11H2,1-5H3. The fourth-order valence-electron chi connectivity index (χ4n) is 2.23. The molecule has 2 nitrogen and oxygen atoms in total. The van der Waals surface area contributed by atoms with Crippen LogP contribution in [0.1, 0.15) is 43.9 Å². The van der Waals surface area contributed by atoms with Crippen LogP contribution in [0.3, 0.4) is 0 Å². The maximum Gasteiger partial charge on any atom is 0.0672 e. The average molecular weight is 249 g/mol. The van der Waals surface area contributed by atoms with E-state index in [2.05, 4.69) is 51.2 Å². The fourth-order valence-corrected chi connectivity index (χ4v) is 2.23. The predicted molar refractivity (Wildman–Crippen MR) is 78.0 cm³/mol. The van der Waals surface area contributed by atoms with E-state index in [1.54, 1.807) is 0 Å². The van der Waals surface area contributed by atoms with Crippen molar-refractivity contribution in [1.82, 2.24) is 5.32 Å². The van der Waals surface area contributed by atoms with Crippen molar-refractivity contribution in [1.29, 1.82) is 0 Å². The molecule has 2 heteroatoms. The molecule has 0 heterocycles. The summed E-state index contributed by atoms with van der Waals surface area (Å²) in [5.74, 6) is 0. The zero-order valence-electron chi connectivity index (χ0n) is 12.4. The summed E-state index contributed by atoms with van der Waals surface area (Å²) >= 11 is 0. The summed E-state index contributed by atoms with van der Waals surface area (Å²) in [5, 5.41) is 13.8. The molecule has 0 bridgehead atoms. The summed E-state index contributed by atoms with van der Waals surface area (Å²) in [6.45, 7) is 11.3. The number of benzene rings is 1. The Balaban J connectivity index is 2.64. The first kappa shape index (κ1) is 15.2. The van der Waals surface area contributed by atoms with Crippen LogP contribution in [0.5, 0.6) is 0 Å². The molecule has 1 atom stereocenters. The molecule has 0 aliphatic rings. The van der Waals surface area contributed by atoms with Gasteiger partial charge in [0.05, 0.1) is 5.60 Å². The Morgan fingerprint density at radius 3 is 2.28 bits per heavy atom. The van der Waals surface area contributed by atoms with Crippen molar-refractivity contribution in [3.8, 4) is 0 Å². The first-order chi connectivity index (χ1) is 8.32. The van der Waals surface area contributed by atoms with Gasteiger partial charge in [0.2, 0.25) is 0 Å². The van der Waals surface area contributed by atoms with E-state index >= 15 is 0 Å². The highest BCUT2D eigenvalue weighted by Crippen LogP contribution is 2.22. The van der Waals surface area contributed by atoms with E-state index in [-0.39, 0.29) is 0 Å². The average Bonchev–Trinajstić information content (AvgIpc) is 2.23. The molecule has 0 fully saturated rings. The van der Waals surface area contributed by atoms with Crippen LogP contribution in [0.25, 0.3) is 0 Å². The molecule has 0 aliphatic heterocycles. The number of aryl methyl sites for hydroxylation is 2. The van der Waals surface area contributed by atoms with Crippen molar-refractivity contribution < 1.29 is 5.11 Å². The molecule has 0 amide bonds. The summed E-state index contributed by atoms with van der Waals surface area (Å²) in [4.78, 5) is 0. The normalized spacial score (nSPS) is 14.8. The van der Waals surface area contributed by atoms with Crippen molar-refractivity contribution in [3.63, 3.8) is 0 Å². The van der Waals surface area contributed by atoms with Crippen LogP contribution in [-0.2, 0) is 6.42 Å². The Hall–Kier alpha value is -0.860. The SMILES string of the molecule is Cc1cccc(C)c1CC(C)(O)CCNC(C)C. The number of rotatable bonds is 6. The van der Waals surface area contributed by atoms with E-state index in [1.807, 2.05) is 6.92 Å². The third-order valence-electron chi connectivity index (χ3n) is 3.42. The molecule has 0 aromatic heterocycles. The van der Waals surface area contributed by atoms with Crippen molar-refractivity contribution in [2.45, 2.75) is 59.1 Å². The summed E-state index contributed by atoms with van der Waals surface area (Å²) in [7, 11) is 0. The molecule has 102 valence electrons. The summed E-state index contributed by atoms with van der Waals surface area (Å²) in [6, 6.07) is 6.78. The maximum atomic E-state index is 10.5. The van der Waals surface area contributed by atoms with Gasteiger partial charge in [0, 0.05) is 12.5 Å². The number of hydrogen-bond acceptors (Lipinski definition) is 2. The minimum atomic E-state index is -0.640. The number of hydrogen-bond donors (Lipinski definition) is 2. The highest BCUT2D eigenvalue weighted by atomic mass is 16.3. The maximum absolute atomic E-state index is 10.5. The van der Waals surface area contributed by atoms with Crippen LogP contribution in [0.15, 0.2) is 18.2 Å². The first-order valence-electron chi connectivity index (χ1n) is 6.83. The van der Waals surface area contributed by atoms with Gasteiger partial charge < -0.3 is 10.4 Å². The van der Waals surface area contributed by atoms with Crippen molar-refractivity contribution in [2.24, 2.45) is 0 Å². The van der Waals surface area contributed by atoms with E-state index in [0.29, 0.717) is 6.04 Å². The monoisotopic (exact) mass is 249 g/mol.